The number of morpholine rings is 1. The number of rotatable bonds is 2. The first-order valence-electron chi connectivity index (χ1n) is 6.75. The van der Waals surface area contributed by atoms with E-state index in [0.717, 1.165) is 45.8 Å². The van der Waals surface area contributed by atoms with Gasteiger partial charge in [-0.05, 0) is 25.4 Å². The van der Waals surface area contributed by atoms with Gasteiger partial charge >= 0.3 is 0 Å². The topological polar surface area (TPSA) is 41.7 Å². The highest BCUT2D eigenvalue weighted by Crippen LogP contribution is 2.27. The normalized spacial score (nSPS) is 36.0. The molecule has 0 bridgehead atoms. The van der Waals surface area contributed by atoms with Crippen molar-refractivity contribution in [3.8, 4) is 0 Å². The van der Waals surface area contributed by atoms with Crippen LogP contribution in [0.3, 0.4) is 0 Å². The maximum atomic E-state index is 6.16. The molecule has 4 heteroatoms. The minimum Gasteiger partial charge on any atom is -0.374 e. The molecule has 0 aliphatic carbocycles. The highest BCUT2D eigenvalue weighted by molar-refractivity contribution is 4.90. The fraction of sp³-hybridized carbons (Fsp3) is 1.00. The number of likely N-dealkylation sites (tertiary alicyclic amines) is 1. The molecule has 0 spiro atoms. The van der Waals surface area contributed by atoms with Gasteiger partial charge in [-0.25, -0.2) is 0 Å². The van der Waals surface area contributed by atoms with Gasteiger partial charge < -0.3 is 20.3 Å². The van der Waals surface area contributed by atoms with Crippen molar-refractivity contribution >= 4 is 0 Å². The second kappa shape index (κ2) is 5.22. The van der Waals surface area contributed by atoms with Crippen molar-refractivity contribution in [3.05, 3.63) is 0 Å². The Morgan fingerprint density at radius 2 is 2.12 bits per heavy atom. The van der Waals surface area contributed by atoms with Crippen LogP contribution in [0.1, 0.15) is 20.3 Å². The second-order valence-electron chi connectivity index (χ2n) is 6.37. The van der Waals surface area contributed by atoms with Crippen LogP contribution in [-0.2, 0) is 4.74 Å². The van der Waals surface area contributed by atoms with E-state index in [2.05, 4.69) is 30.7 Å². The van der Waals surface area contributed by atoms with Crippen molar-refractivity contribution < 1.29 is 4.74 Å². The van der Waals surface area contributed by atoms with Crippen LogP contribution in [0.15, 0.2) is 0 Å². The van der Waals surface area contributed by atoms with E-state index >= 15 is 0 Å². The maximum absolute atomic E-state index is 6.16. The summed E-state index contributed by atoms with van der Waals surface area (Å²) in [5.74, 6) is 0. The molecule has 2 fully saturated rings. The monoisotopic (exact) mass is 241 g/mol. The van der Waals surface area contributed by atoms with Gasteiger partial charge in [-0.3, -0.25) is 0 Å². The van der Waals surface area contributed by atoms with Gasteiger partial charge in [0.05, 0.1) is 12.7 Å². The zero-order valence-corrected chi connectivity index (χ0v) is 11.5. The number of piperidine rings is 1. The van der Waals surface area contributed by atoms with Crippen LogP contribution < -0.4 is 5.73 Å². The zero-order chi connectivity index (χ0) is 12.5. The lowest BCUT2D eigenvalue weighted by molar-refractivity contribution is -0.0462. The van der Waals surface area contributed by atoms with E-state index in [1.807, 2.05) is 0 Å². The molecule has 0 aromatic rings. The number of nitrogens with zero attached hydrogens (tertiary/aromatic N) is 2. The van der Waals surface area contributed by atoms with E-state index < -0.39 is 0 Å². The molecular formula is C13H27N3O. The molecule has 2 unspecified atom stereocenters. The van der Waals surface area contributed by atoms with Crippen molar-refractivity contribution in [2.24, 2.45) is 11.1 Å². The summed E-state index contributed by atoms with van der Waals surface area (Å²) < 4.78 is 5.83. The van der Waals surface area contributed by atoms with Crippen molar-refractivity contribution in [1.29, 1.82) is 0 Å². The molecule has 0 aromatic heterocycles. The van der Waals surface area contributed by atoms with Crippen LogP contribution in [0.25, 0.3) is 0 Å². The maximum Gasteiger partial charge on any atom is 0.0829 e. The predicted molar refractivity (Wildman–Crippen MR) is 70.1 cm³/mol. The molecule has 2 saturated heterocycles. The van der Waals surface area contributed by atoms with Gasteiger partial charge in [0, 0.05) is 32.2 Å². The first-order chi connectivity index (χ1) is 7.97. The number of ether oxygens (including phenoxy) is 1. The SMILES string of the molecule is CN1CCOC(CN2CCC(N)C(C)(C)C2)C1. The van der Waals surface area contributed by atoms with Crippen molar-refractivity contribution in [3.63, 3.8) is 0 Å². The fourth-order valence-corrected chi connectivity index (χ4v) is 2.91. The van der Waals surface area contributed by atoms with Gasteiger partial charge in [0.15, 0.2) is 0 Å². The van der Waals surface area contributed by atoms with Crippen LogP contribution >= 0.6 is 0 Å². The Hall–Kier alpha value is -0.160. The first-order valence-corrected chi connectivity index (χ1v) is 6.75. The van der Waals surface area contributed by atoms with Gasteiger partial charge in [0.25, 0.3) is 0 Å². The minimum atomic E-state index is 0.235. The molecule has 2 rings (SSSR count). The second-order valence-corrected chi connectivity index (χ2v) is 6.37. The van der Waals surface area contributed by atoms with Crippen LogP contribution in [0.5, 0.6) is 0 Å². The van der Waals surface area contributed by atoms with E-state index in [0.29, 0.717) is 12.1 Å². The lowest BCUT2D eigenvalue weighted by Gasteiger charge is -2.44. The summed E-state index contributed by atoms with van der Waals surface area (Å²) >= 11 is 0. The van der Waals surface area contributed by atoms with E-state index in [9.17, 15) is 0 Å². The van der Waals surface area contributed by atoms with Gasteiger partial charge in [-0.1, -0.05) is 13.8 Å². The molecule has 2 aliphatic rings. The minimum absolute atomic E-state index is 0.235. The quantitative estimate of drug-likeness (QED) is 0.759. The van der Waals surface area contributed by atoms with Crippen LogP contribution in [0, 0.1) is 5.41 Å². The molecule has 0 aromatic carbocycles. The van der Waals surface area contributed by atoms with Gasteiger partial charge in [0.2, 0.25) is 0 Å². The summed E-state index contributed by atoms with van der Waals surface area (Å²) in [6, 6.07) is 0.341. The molecule has 0 saturated carbocycles. The lowest BCUT2D eigenvalue weighted by Crippen LogP contribution is -2.55. The highest BCUT2D eigenvalue weighted by Gasteiger charge is 2.34. The summed E-state index contributed by atoms with van der Waals surface area (Å²) in [5.41, 5.74) is 6.40. The third-order valence-corrected chi connectivity index (χ3v) is 4.19. The molecule has 17 heavy (non-hydrogen) atoms. The van der Waals surface area contributed by atoms with E-state index in [4.69, 9.17) is 10.5 Å². The summed E-state index contributed by atoms with van der Waals surface area (Å²) in [5, 5.41) is 0. The van der Waals surface area contributed by atoms with Crippen molar-refractivity contribution in [1.82, 2.24) is 9.80 Å². The summed E-state index contributed by atoms with van der Waals surface area (Å²) in [7, 11) is 2.17. The predicted octanol–water partition coefficient (Wildman–Crippen LogP) is 0.376. The lowest BCUT2D eigenvalue weighted by atomic mass is 9.79. The molecule has 2 aliphatic heterocycles. The first kappa shape index (κ1) is 13.3. The van der Waals surface area contributed by atoms with E-state index in [-0.39, 0.29) is 5.41 Å². The van der Waals surface area contributed by atoms with E-state index in [1.54, 1.807) is 0 Å². The standard InChI is InChI=1S/C13H27N3O/c1-13(2)10-16(5-4-12(13)14)9-11-8-15(3)6-7-17-11/h11-12H,4-10,14H2,1-3H3. The zero-order valence-electron chi connectivity index (χ0n) is 11.5. The molecule has 2 atom stereocenters. The summed E-state index contributed by atoms with van der Waals surface area (Å²) in [6.45, 7) is 10.8. The van der Waals surface area contributed by atoms with Gasteiger partial charge in [-0.2, -0.15) is 0 Å². The molecular weight excluding hydrogens is 214 g/mol. The van der Waals surface area contributed by atoms with E-state index in [1.165, 1.54) is 0 Å². The average molecular weight is 241 g/mol. The number of likely N-dealkylation sites (N-methyl/N-ethyl adjacent to an activating group) is 1. The molecule has 4 nitrogen and oxygen atoms in total. The van der Waals surface area contributed by atoms with Crippen molar-refractivity contribution in [2.75, 3.05) is 46.4 Å². The van der Waals surface area contributed by atoms with Gasteiger partial charge in [-0.15, -0.1) is 0 Å². The third-order valence-electron chi connectivity index (χ3n) is 4.19. The van der Waals surface area contributed by atoms with Crippen molar-refractivity contribution in [2.45, 2.75) is 32.4 Å². The molecule has 0 amide bonds. The Morgan fingerprint density at radius 3 is 2.76 bits per heavy atom. The molecule has 2 heterocycles. The van der Waals surface area contributed by atoms with Crippen LogP contribution in [0.4, 0.5) is 0 Å². The van der Waals surface area contributed by atoms with Crippen LogP contribution in [-0.4, -0.2) is 68.3 Å². The number of nitrogens with two attached hydrogens (primary N) is 1. The Labute approximate surface area is 105 Å². The molecule has 100 valence electrons. The highest BCUT2D eigenvalue weighted by atomic mass is 16.5. The molecule has 2 N–H and O–H groups in total. The summed E-state index contributed by atoms with van der Waals surface area (Å²) in [6.07, 6.45) is 1.48. The third kappa shape index (κ3) is 3.41. The number of hydrogen-bond donors (Lipinski definition) is 1. The fourth-order valence-electron chi connectivity index (χ4n) is 2.91. The summed E-state index contributed by atoms with van der Waals surface area (Å²) in [4.78, 5) is 4.88. The van der Waals surface area contributed by atoms with Crippen LogP contribution in [0.2, 0.25) is 0 Å². The van der Waals surface area contributed by atoms with Gasteiger partial charge in [0.1, 0.15) is 0 Å². The Kier molecular flexibility index (Phi) is 4.08. The Balaban J connectivity index is 1.83. The average Bonchev–Trinajstić information content (AvgIpc) is 2.23. The molecule has 0 radical (unpaired) electrons. The Bertz CT molecular complexity index is 257. The smallest absolute Gasteiger partial charge is 0.0829 e. The Morgan fingerprint density at radius 1 is 1.35 bits per heavy atom. The number of hydrogen-bond acceptors (Lipinski definition) is 4. The largest absolute Gasteiger partial charge is 0.374 e.